The average Bonchev–Trinajstić information content (AvgIpc) is 1.69. The van der Waals surface area contributed by atoms with Crippen LogP contribution in [0.2, 0.25) is 0 Å². The van der Waals surface area contributed by atoms with Crippen molar-refractivity contribution >= 4 is 11.7 Å². The van der Waals surface area contributed by atoms with E-state index >= 15 is 0 Å². The van der Waals surface area contributed by atoms with Gasteiger partial charge < -0.3 is 10.3 Å². The quantitative estimate of drug-likeness (QED) is 0.310. The summed E-state index contributed by atoms with van der Waals surface area (Å²) in [6, 6.07) is 0. The first-order valence-corrected chi connectivity index (χ1v) is 2.16. The normalized spacial score (nSPS) is 11.4. The molecule has 4 nitrogen and oxygen atoms in total. The molecule has 0 rings (SSSR count). The Hall–Kier alpha value is -1.06. The molecule has 0 aromatic carbocycles. The first-order valence-electron chi connectivity index (χ1n) is 2.16. The van der Waals surface area contributed by atoms with E-state index in [-0.39, 0.29) is 12.1 Å². The van der Waals surface area contributed by atoms with Crippen LogP contribution in [0.4, 0.5) is 0 Å². The lowest BCUT2D eigenvalue weighted by molar-refractivity contribution is -0.129. The van der Waals surface area contributed by atoms with Gasteiger partial charge in [-0.2, -0.15) is 0 Å². The van der Waals surface area contributed by atoms with Gasteiger partial charge in [0.05, 0.1) is 0 Å². The second-order valence-electron chi connectivity index (χ2n) is 1.21. The Labute approximate surface area is 46.4 Å². The molecule has 0 heterocycles. The van der Waals surface area contributed by atoms with Crippen LogP contribution in [-0.4, -0.2) is 22.0 Å². The minimum absolute atomic E-state index is 0.218. The summed E-state index contributed by atoms with van der Waals surface area (Å²) in [5.41, 5.74) is -0.218. The molecule has 0 saturated carbocycles. The van der Waals surface area contributed by atoms with Crippen LogP contribution in [0.3, 0.4) is 0 Å². The highest BCUT2D eigenvalue weighted by atomic mass is 16.4. The van der Waals surface area contributed by atoms with Crippen LogP contribution in [0.15, 0.2) is 5.16 Å². The molecule has 0 unspecified atom stereocenters. The molecular weight excluding hydrogens is 110 g/mol. The number of carboxylic acid groups (broad SMARTS) is 1. The minimum Gasteiger partial charge on any atom is -0.477 e. The number of hydrogen-bond donors (Lipinski definition) is 2. The molecule has 0 spiro atoms. The summed E-state index contributed by atoms with van der Waals surface area (Å²) in [5, 5.41) is 18.5. The topological polar surface area (TPSA) is 69.9 Å². The fourth-order valence-corrected chi connectivity index (χ4v) is 0.265. The van der Waals surface area contributed by atoms with Gasteiger partial charge in [0.2, 0.25) is 0 Å². The molecule has 0 aliphatic carbocycles. The number of carboxylic acids is 1. The predicted molar refractivity (Wildman–Crippen MR) is 27.1 cm³/mol. The molecule has 8 heavy (non-hydrogen) atoms. The molecule has 0 amide bonds. The molecule has 46 valence electrons. The largest absolute Gasteiger partial charge is 0.477 e. The highest BCUT2D eigenvalue weighted by Crippen LogP contribution is 1.82. The van der Waals surface area contributed by atoms with Gasteiger partial charge in [-0.25, -0.2) is 4.79 Å². The molecule has 0 bridgehead atoms. The summed E-state index contributed by atoms with van der Waals surface area (Å²) >= 11 is 0. The van der Waals surface area contributed by atoms with Crippen molar-refractivity contribution in [3.05, 3.63) is 0 Å². The predicted octanol–water partition coefficient (Wildman–Crippen LogP) is 0.311. The molecule has 4 heteroatoms. The lowest BCUT2D eigenvalue weighted by Gasteiger charge is -1.87. The van der Waals surface area contributed by atoms with E-state index in [0.717, 1.165) is 0 Å². The third-order valence-electron chi connectivity index (χ3n) is 0.702. The van der Waals surface area contributed by atoms with Crippen LogP contribution in [0, 0.1) is 0 Å². The summed E-state index contributed by atoms with van der Waals surface area (Å²) in [5.74, 6) is -1.17. The SMILES string of the molecule is CC/C(=N/O)C(=O)O. The lowest BCUT2D eigenvalue weighted by Crippen LogP contribution is -2.10. The first kappa shape index (κ1) is 6.94. The summed E-state index contributed by atoms with van der Waals surface area (Å²) in [6.45, 7) is 1.60. The number of rotatable bonds is 2. The van der Waals surface area contributed by atoms with Crippen LogP contribution in [0.25, 0.3) is 0 Å². The third-order valence-corrected chi connectivity index (χ3v) is 0.702. The number of oxime groups is 1. The maximum Gasteiger partial charge on any atom is 0.353 e. The van der Waals surface area contributed by atoms with Gasteiger partial charge in [-0.05, 0) is 6.42 Å². The van der Waals surface area contributed by atoms with Crippen molar-refractivity contribution in [2.45, 2.75) is 13.3 Å². The number of hydrogen-bond acceptors (Lipinski definition) is 3. The third kappa shape index (κ3) is 1.59. The summed E-state index contributed by atoms with van der Waals surface area (Å²) in [7, 11) is 0. The average molecular weight is 117 g/mol. The van der Waals surface area contributed by atoms with Gasteiger partial charge in [0, 0.05) is 0 Å². The van der Waals surface area contributed by atoms with E-state index in [0.29, 0.717) is 0 Å². The van der Waals surface area contributed by atoms with E-state index in [4.69, 9.17) is 10.3 Å². The minimum atomic E-state index is -1.17. The van der Waals surface area contributed by atoms with E-state index in [2.05, 4.69) is 5.16 Å². The van der Waals surface area contributed by atoms with Gasteiger partial charge in [0.25, 0.3) is 0 Å². The van der Waals surface area contributed by atoms with E-state index < -0.39 is 5.97 Å². The Morgan fingerprint density at radius 3 is 2.25 bits per heavy atom. The van der Waals surface area contributed by atoms with E-state index in [9.17, 15) is 4.79 Å². The summed E-state index contributed by atoms with van der Waals surface area (Å²) in [4.78, 5) is 9.87. The number of nitrogens with zero attached hydrogens (tertiary/aromatic N) is 1. The maximum atomic E-state index is 9.87. The van der Waals surface area contributed by atoms with Gasteiger partial charge in [-0.1, -0.05) is 12.1 Å². The highest BCUT2D eigenvalue weighted by Gasteiger charge is 2.04. The molecule has 0 atom stereocenters. The zero-order valence-electron chi connectivity index (χ0n) is 4.46. The molecular formula is C4H7NO3. The van der Waals surface area contributed by atoms with Crippen LogP contribution in [0.5, 0.6) is 0 Å². The van der Waals surface area contributed by atoms with Crippen molar-refractivity contribution in [2.24, 2.45) is 5.16 Å². The fourth-order valence-electron chi connectivity index (χ4n) is 0.265. The van der Waals surface area contributed by atoms with Crippen molar-refractivity contribution < 1.29 is 15.1 Å². The molecule has 0 saturated heterocycles. The molecule has 0 aliphatic rings. The zero-order chi connectivity index (χ0) is 6.57. The molecule has 0 fully saturated rings. The highest BCUT2D eigenvalue weighted by molar-refractivity contribution is 6.35. The van der Waals surface area contributed by atoms with Crippen molar-refractivity contribution in [1.29, 1.82) is 0 Å². The Morgan fingerprint density at radius 2 is 2.25 bits per heavy atom. The zero-order valence-corrected chi connectivity index (χ0v) is 4.46. The molecule has 0 aromatic heterocycles. The maximum absolute atomic E-state index is 9.87. The van der Waals surface area contributed by atoms with Gasteiger partial charge in [-0.15, -0.1) is 0 Å². The van der Waals surface area contributed by atoms with Crippen molar-refractivity contribution in [1.82, 2.24) is 0 Å². The molecule has 0 aliphatic heterocycles. The van der Waals surface area contributed by atoms with Crippen molar-refractivity contribution in [2.75, 3.05) is 0 Å². The second kappa shape index (κ2) is 3.01. The number of carbonyl (C=O) groups is 1. The number of aliphatic carboxylic acids is 1. The summed E-state index contributed by atoms with van der Waals surface area (Å²) < 4.78 is 0. The van der Waals surface area contributed by atoms with E-state index in [1.165, 1.54) is 0 Å². The smallest absolute Gasteiger partial charge is 0.353 e. The Balaban J connectivity index is 3.92. The first-order chi connectivity index (χ1) is 3.72. The Morgan fingerprint density at radius 1 is 1.75 bits per heavy atom. The van der Waals surface area contributed by atoms with Crippen LogP contribution >= 0.6 is 0 Å². The van der Waals surface area contributed by atoms with E-state index in [1.807, 2.05) is 0 Å². The van der Waals surface area contributed by atoms with Crippen LogP contribution in [-0.2, 0) is 4.79 Å². The van der Waals surface area contributed by atoms with Crippen LogP contribution in [0.1, 0.15) is 13.3 Å². The standard InChI is InChI=1S/C4H7NO3/c1-2-3(5-8)4(6)7/h8H,2H2,1H3,(H,6,7)/b5-3-. The van der Waals surface area contributed by atoms with Gasteiger partial charge >= 0.3 is 5.97 Å². The van der Waals surface area contributed by atoms with Gasteiger partial charge in [0.1, 0.15) is 0 Å². The molecule has 2 N–H and O–H groups in total. The van der Waals surface area contributed by atoms with Crippen LogP contribution < -0.4 is 0 Å². The van der Waals surface area contributed by atoms with Gasteiger partial charge in [0.15, 0.2) is 5.71 Å². The monoisotopic (exact) mass is 117 g/mol. The molecule has 0 aromatic rings. The summed E-state index contributed by atoms with van der Waals surface area (Å²) in [6.07, 6.45) is 0.242. The van der Waals surface area contributed by atoms with E-state index in [1.54, 1.807) is 6.92 Å². The molecule has 0 radical (unpaired) electrons. The second-order valence-corrected chi connectivity index (χ2v) is 1.21. The Kier molecular flexibility index (Phi) is 2.61. The fraction of sp³-hybridized carbons (Fsp3) is 0.500. The Bertz CT molecular complexity index is 118. The van der Waals surface area contributed by atoms with Crippen molar-refractivity contribution in [3.63, 3.8) is 0 Å². The lowest BCUT2D eigenvalue weighted by atomic mass is 10.3. The van der Waals surface area contributed by atoms with Gasteiger partial charge in [-0.3, -0.25) is 0 Å². The van der Waals surface area contributed by atoms with Crippen molar-refractivity contribution in [3.8, 4) is 0 Å².